The molecule has 2 unspecified atom stereocenters. The van der Waals surface area contributed by atoms with Gasteiger partial charge >= 0.3 is 0 Å². The first kappa shape index (κ1) is 10.4. The Morgan fingerprint density at radius 1 is 1.14 bits per heavy atom. The highest BCUT2D eigenvalue weighted by Gasteiger charge is 2.32. The van der Waals surface area contributed by atoms with E-state index in [0.717, 1.165) is 18.5 Å². The number of likely N-dealkylation sites (N-methyl/N-ethyl adjacent to an activating group) is 1. The van der Waals surface area contributed by atoms with E-state index in [-0.39, 0.29) is 0 Å². The van der Waals surface area contributed by atoms with E-state index in [9.17, 15) is 0 Å². The maximum absolute atomic E-state index is 5.82. The van der Waals surface area contributed by atoms with Gasteiger partial charge in [-0.05, 0) is 32.4 Å². The fourth-order valence-corrected chi connectivity index (χ4v) is 2.93. The van der Waals surface area contributed by atoms with E-state index in [1.807, 2.05) is 0 Å². The van der Waals surface area contributed by atoms with Gasteiger partial charge in [-0.1, -0.05) is 6.42 Å². The maximum atomic E-state index is 5.82. The molecule has 14 heavy (non-hydrogen) atoms. The van der Waals surface area contributed by atoms with Crippen LogP contribution in [0, 0.1) is 5.92 Å². The number of nitrogens with two attached hydrogens (primary N) is 1. The summed E-state index contributed by atoms with van der Waals surface area (Å²) in [5.41, 5.74) is 5.82. The van der Waals surface area contributed by atoms with Gasteiger partial charge in [-0.15, -0.1) is 0 Å². The van der Waals surface area contributed by atoms with Crippen molar-refractivity contribution in [1.29, 1.82) is 0 Å². The van der Waals surface area contributed by atoms with Gasteiger partial charge in [0.25, 0.3) is 0 Å². The molecule has 0 spiro atoms. The van der Waals surface area contributed by atoms with Gasteiger partial charge in [0, 0.05) is 32.2 Å². The lowest BCUT2D eigenvalue weighted by atomic mass is 10.0. The molecule has 2 rings (SSSR count). The predicted molar refractivity (Wildman–Crippen MR) is 59.3 cm³/mol. The van der Waals surface area contributed by atoms with Crippen molar-refractivity contribution in [1.82, 2.24) is 9.80 Å². The minimum atomic E-state index is 0.776. The molecule has 1 aliphatic carbocycles. The Balaban J connectivity index is 1.88. The Bertz CT molecular complexity index is 175. The third-order valence-electron chi connectivity index (χ3n) is 3.93. The van der Waals surface area contributed by atoms with Crippen LogP contribution in [0.3, 0.4) is 0 Å². The van der Waals surface area contributed by atoms with E-state index >= 15 is 0 Å². The van der Waals surface area contributed by atoms with Crippen LogP contribution in [0.5, 0.6) is 0 Å². The average Bonchev–Trinajstić information content (AvgIpc) is 2.67. The second kappa shape index (κ2) is 4.60. The highest BCUT2D eigenvalue weighted by Crippen LogP contribution is 2.29. The smallest absolute Gasteiger partial charge is 0.0137 e. The van der Waals surface area contributed by atoms with E-state index in [1.54, 1.807) is 0 Å². The fraction of sp³-hybridized carbons (Fsp3) is 1.00. The van der Waals surface area contributed by atoms with E-state index < -0.39 is 0 Å². The normalized spacial score (nSPS) is 36.4. The number of hydrogen-bond donors (Lipinski definition) is 1. The second-order valence-electron chi connectivity index (χ2n) is 4.83. The Kier molecular flexibility index (Phi) is 3.42. The molecule has 1 saturated heterocycles. The van der Waals surface area contributed by atoms with Gasteiger partial charge in [-0.3, -0.25) is 4.90 Å². The van der Waals surface area contributed by atoms with Crippen molar-refractivity contribution < 1.29 is 0 Å². The van der Waals surface area contributed by atoms with Crippen LogP contribution >= 0.6 is 0 Å². The summed E-state index contributed by atoms with van der Waals surface area (Å²) < 4.78 is 0. The van der Waals surface area contributed by atoms with E-state index in [4.69, 9.17) is 5.73 Å². The quantitative estimate of drug-likeness (QED) is 0.694. The molecule has 0 amide bonds. The molecule has 82 valence electrons. The molecule has 3 heteroatoms. The zero-order chi connectivity index (χ0) is 9.97. The van der Waals surface area contributed by atoms with Gasteiger partial charge in [0.1, 0.15) is 0 Å². The van der Waals surface area contributed by atoms with Crippen LogP contribution < -0.4 is 5.73 Å². The average molecular weight is 197 g/mol. The van der Waals surface area contributed by atoms with Gasteiger partial charge in [0.15, 0.2) is 0 Å². The fourth-order valence-electron chi connectivity index (χ4n) is 2.93. The first-order valence-electron chi connectivity index (χ1n) is 5.94. The Morgan fingerprint density at radius 3 is 2.50 bits per heavy atom. The molecule has 2 atom stereocenters. The van der Waals surface area contributed by atoms with Crippen molar-refractivity contribution >= 4 is 0 Å². The summed E-state index contributed by atoms with van der Waals surface area (Å²) in [5, 5.41) is 0. The number of rotatable bonds is 2. The van der Waals surface area contributed by atoms with Gasteiger partial charge < -0.3 is 10.6 Å². The summed E-state index contributed by atoms with van der Waals surface area (Å²) in [6.07, 6.45) is 4.12. The van der Waals surface area contributed by atoms with Crippen LogP contribution in [0.1, 0.15) is 19.3 Å². The number of hydrogen-bond acceptors (Lipinski definition) is 3. The Morgan fingerprint density at radius 2 is 1.86 bits per heavy atom. The van der Waals surface area contributed by atoms with Crippen LogP contribution in [-0.4, -0.2) is 55.6 Å². The van der Waals surface area contributed by atoms with Crippen LogP contribution in [0.2, 0.25) is 0 Å². The van der Waals surface area contributed by atoms with Crippen LogP contribution in [-0.2, 0) is 0 Å². The molecule has 3 nitrogen and oxygen atoms in total. The van der Waals surface area contributed by atoms with E-state index in [1.165, 1.54) is 45.4 Å². The molecular weight excluding hydrogens is 174 g/mol. The standard InChI is InChI=1S/C11H23N3/c1-13-5-7-14(8-6-13)11-4-2-3-10(11)9-12/h10-11H,2-9,12H2,1H3. The largest absolute Gasteiger partial charge is 0.330 e. The zero-order valence-corrected chi connectivity index (χ0v) is 9.28. The highest BCUT2D eigenvalue weighted by molar-refractivity contribution is 4.87. The molecule has 2 fully saturated rings. The molecule has 0 aromatic carbocycles. The third-order valence-corrected chi connectivity index (χ3v) is 3.93. The van der Waals surface area contributed by atoms with E-state index in [2.05, 4.69) is 16.8 Å². The molecule has 2 aliphatic rings. The van der Waals surface area contributed by atoms with Crippen molar-refractivity contribution in [2.45, 2.75) is 25.3 Å². The molecule has 2 N–H and O–H groups in total. The minimum absolute atomic E-state index is 0.776. The summed E-state index contributed by atoms with van der Waals surface area (Å²) in [6.45, 7) is 5.84. The van der Waals surface area contributed by atoms with Crippen LogP contribution in [0.25, 0.3) is 0 Å². The summed E-state index contributed by atoms with van der Waals surface area (Å²) in [6, 6.07) is 0.800. The number of nitrogens with zero attached hydrogens (tertiary/aromatic N) is 2. The van der Waals surface area contributed by atoms with Crippen molar-refractivity contribution in [3.8, 4) is 0 Å². The molecule has 0 aromatic heterocycles. The van der Waals surface area contributed by atoms with Crippen molar-refractivity contribution in [2.75, 3.05) is 39.8 Å². The second-order valence-corrected chi connectivity index (χ2v) is 4.83. The monoisotopic (exact) mass is 197 g/mol. The Labute approximate surface area is 87.2 Å². The molecule has 0 aromatic rings. The molecule has 1 saturated carbocycles. The Hall–Kier alpha value is -0.120. The molecular formula is C11H23N3. The van der Waals surface area contributed by atoms with Crippen molar-refractivity contribution in [3.05, 3.63) is 0 Å². The van der Waals surface area contributed by atoms with E-state index in [0.29, 0.717) is 0 Å². The topological polar surface area (TPSA) is 32.5 Å². The first-order chi connectivity index (χ1) is 6.81. The first-order valence-corrected chi connectivity index (χ1v) is 5.94. The van der Waals surface area contributed by atoms with Crippen molar-refractivity contribution in [3.63, 3.8) is 0 Å². The molecule has 1 heterocycles. The lowest BCUT2D eigenvalue weighted by Crippen LogP contribution is -2.50. The van der Waals surface area contributed by atoms with Gasteiger partial charge in [0.05, 0.1) is 0 Å². The third kappa shape index (κ3) is 2.10. The summed E-state index contributed by atoms with van der Waals surface area (Å²) >= 11 is 0. The molecule has 0 bridgehead atoms. The molecule has 1 aliphatic heterocycles. The lowest BCUT2D eigenvalue weighted by Gasteiger charge is -2.38. The number of piperazine rings is 1. The van der Waals surface area contributed by atoms with Gasteiger partial charge in [0.2, 0.25) is 0 Å². The molecule has 0 radical (unpaired) electrons. The summed E-state index contributed by atoms with van der Waals surface area (Å²) in [4.78, 5) is 5.09. The maximum Gasteiger partial charge on any atom is 0.0137 e. The predicted octanol–water partition coefficient (Wildman–Crippen LogP) is 0.361. The van der Waals surface area contributed by atoms with Gasteiger partial charge in [-0.25, -0.2) is 0 Å². The van der Waals surface area contributed by atoms with Crippen LogP contribution in [0.15, 0.2) is 0 Å². The van der Waals surface area contributed by atoms with Gasteiger partial charge in [-0.2, -0.15) is 0 Å². The van der Waals surface area contributed by atoms with Crippen molar-refractivity contribution in [2.24, 2.45) is 11.7 Å². The minimum Gasteiger partial charge on any atom is -0.330 e. The summed E-state index contributed by atoms with van der Waals surface area (Å²) in [5.74, 6) is 0.776. The summed E-state index contributed by atoms with van der Waals surface area (Å²) in [7, 11) is 2.21. The SMILES string of the molecule is CN1CCN(C2CCCC2CN)CC1. The lowest BCUT2D eigenvalue weighted by molar-refractivity contribution is 0.0936. The highest BCUT2D eigenvalue weighted by atomic mass is 15.3. The van der Waals surface area contributed by atoms with Crippen LogP contribution in [0.4, 0.5) is 0 Å². The zero-order valence-electron chi connectivity index (χ0n) is 9.28.